The Hall–Kier alpha value is -2.95. The molecule has 0 saturated carbocycles. The Balaban J connectivity index is 1.90. The lowest BCUT2D eigenvalue weighted by molar-refractivity contribution is 0.0950. The second-order valence-corrected chi connectivity index (χ2v) is 5.20. The van der Waals surface area contributed by atoms with Crippen LogP contribution in [-0.4, -0.2) is 10.9 Å². The van der Waals surface area contributed by atoms with Gasteiger partial charge in [0.25, 0.3) is 5.91 Å². The van der Waals surface area contributed by atoms with Crippen LogP contribution in [0.2, 0.25) is 0 Å². The number of hydrogen-bond donors (Lipinski definition) is 1. The molecule has 0 aliphatic rings. The number of carbonyl (C=O) groups excluding carboxylic acids is 1. The van der Waals surface area contributed by atoms with Gasteiger partial charge in [-0.3, -0.25) is 9.78 Å². The third kappa shape index (κ3) is 3.29. The molecule has 0 saturated heterocycles. The molecular weight excluding hydrogens is 292 g/mol. The largest absolute Gasteiger partial charge is 0.423 e. The first-order valence-corrected chi connectivity index (χ1v) is 7.41. The zero-order chi connectivity index (χ0) is 16.2. The summed E-state index contributed by atoms with van der Waals surface area (Å²) in [6.45, 7) is 2.31. The van der Waals surface area contributed by atoms with Gasteiger partial charge in [0.15, 0.2) is 0 Å². The lowest BCUT2D eigenvalue weighted by Gasteiger charge is -2.08. The smallest absolute Gasteiger partial charge is 0.336 e. The Labute approximate surface area is 133 Å². The zero-order valence-electron chi connectivity index (χ0n) is 12.7. The third-order valence-corrected chi connectivity index (χ3v) is 3.66. The second-order valence-electron chi connectivity index (χ2n) is 5.20. The number of hydrogen-bond acceptors (Lipinski definition) is 4. The summed E-state index contributed by atoms with van der Waals surface area (Å²) in [5.41, 5.74) is 2.47. The predicted molar refractivity (Wildman–Crippen MR) is 87.3 cm³/mol. The van der Waals surface area contributed by atoms with Crippen molar-refractivity contribution >= 4 is 16.9 Å². The molecule has 3 aromatic rings. The van der Waals surface area contributed by atoms with Crippen LogP contribution in [0.25, 0.3) is 11.0 Å². The Morgan fingerprint density at radius 3 is 2.87 bits per heavy atom. The van der Waals surface area contributed by atoms with Gasteiger partial charge in [0.05, 0.1) is 5.56 Å². The minimum atomic E-state index is -0.424. The number of nitrogens with one attached hydrogen (secondary N) is 1. The molecule has 1 N–H and O–H groups in total. The molecule has 0 aliphatic heterocycles. The first-order valence-electron chi connectivity index (χ1n) is 7.41. The SMILES string of the molecule is CCc1ccc2oc(=O)cc(CNC(=O)c3cccnc3)c2c1. The fraction of sp³-hybridized carbons (Fsp3) is 0.167. The Morgan fingerprint density at radius 2 is 2.13 bits per heavy atom. The van der Waals surface area contributed by atoms with Gasteiger partial charge in [-0.1, -0.05) is 13.0 Å². The van der Waals surface area contributed by atoms with Crippen LogP contribution in [0.1, 0.15) is 28.4 Å². The maximum absolute atomic E-state index is 12.1. The highest BCUT2D eigenvalue weighted by Crippen LogP contribution is 2.19. The fourth-order valence-corrected chi connectivity index (χ4v) is 2.42. The van der Waals surface area contributed by atoms with Gasteiger partial charge < -0.3 is 9.73 Å². The van der Waals surface area contributed by atoms with Crippen molar-refractivity contribution in [3.8, 4) is 0 Å². The van der Waals surface area contributed by atoms with E-state index >= 15 is 0 Å². The first-order chi connectivity index (χ1) is 11.2. The van der Waals surface area contributed by atoms with Crippen molar-refractivity contribution in [3.05, 3.63) is 75.9 Å². The van der Waals surface area contributed by atoms with Gasteiger partial charge in [-0.15, -0.1) is 0 Å². The van der Waals surface area contributed by atoms with Crippen molar-refractivity contribution in [1.29, 1.82) is 0 Å². The summed E-state index contributed by atoms with van der Waals surface area (Å²) in [6, 6.07) is 10.5. The van der Waals surface area contributed by atoms with E-state index in [0.29, 0.717) is 11.1 Å². The molecule has 0 fully saturated rings. The minimum Gasteiger partial charge on any atom is -0.423 e. The molecule has 0 spiro atoms. The standard InChI is InChI=1S/C18H16N2O3/c1-2-12-5-6-16-15(8-12)14(9-17(21)23-16)11-20-18(22)13-4-3-7-19-10-13/h3-10H,2,11H2,1H3,(H,20,22). The number of rotatable bonds is 4. The third-order valence-electron chi connectivity index (χ3n) is 3.66. The number of carbonyl (C=O) groups is 1. The number of aromatic nitrogens is 1. The molecule has 3 rings (SSSR count). The van der Waals surface area contributed by atoms with E-state index in [-0.39, 0.29) is 12.5 Å². The van der Waals surface area contributed by atoms with Gasteiger partial charge in [-0.05, 0) is 41.8 Å². The molecule has 2 heterocycles. The molecule has 23 heavy (non-hydrogen) atoms. The van der Waals surface area contributed by atoms with Gasteiger partial charge in [-0.2, -0.15) is 0 Å². The summed E-state index contributed by atoms with van der Waals surface area (Å²) < 4.78 is 5.21. The lowest BCUT2D eigenvalue weighted by atomic mass is 10.1. The number of amides is 1. The normalized spacial score (nSPS) is 10.7. The minimum absolute atomic E-state index is 0.230. The summed E-state index contributed by atoms with van der Waals surface area (Å²) in [5, 5.41) is 3.66. The van der Waals surface area contributed by atoms with Crippen molar-refractivity contribution in [3.63, 3.8) is 0 Å². The molecule has 0 bridgehead atoms. The average Bonchev–Trinajstić information content (AvgIpc) is 2.59. The van der Waals surface area contributed by atoms with Gasteiger partial charge in [0.1, 0.15) is 5.58 Å². The van der Waals surface area contributed by atoms with E-state index in [1.807, 2.05) is 12.1 Å². The van der Waals surface area contributed by atoms with Crippen LogP contribution >= 0.6 is 0 Å². The first kappa shape index (κ1) is 15.0. The molecule has 0 unspecified atom stereocenters. The van der Waals surface area contributed by atoms with E-state index in [1.165, 1.54) is 12.3 Å². The molecule has 1 aromatic carbocycles. The molecule has 116 valence electrons. The maximum atomic E-state index is 12.1. The summed E-state index contributed by atoms with van der Waals surface area (Å²) in [7, 11) is 0. The van der Waals surface area contributed by atoms with Gasteiger partial charge in [0.2, 0.25) is 0 Å². The van der Waals surface area contributed by atoms with Crippen molar-refractivity contribution < 1.29 is 9.21 Å². The number of pyridine rings is 1. The van der Waals surface area contributed by atoms with Crippen molar-refractivity contribution in [2.75, 3.05) is 0 Å². The van der Waals surface area contributed by atoms with E-state index in [0.717, 1.165) is 22.9 Å². The van der Waals surface area contributed by atoms with Crippen molar-refractivity contribution in [2.24, 2.45) is 0 Å². The fourth-order valence-electron chi connectivity index (χ4n) is 2.42. The van der Waals surface area contributed by atoms with E-state index in [1.54, 1.807) is 24.4 Å². The van der Waals surface area contributed by atoms with Crippen LogP contribution in [0.15, 0.2) is 58.0 Å². The number of benzene rings is 1. The maximum Gasteiger partial charge on any atom is 0.336 e. The van der Waals surface area contributed by atoms with Crippen LogP contribution in [0, 0.1) is 0 Å². The van der Waals surface area contributed by atoms with Crippen LogP contribution in [-0.2, 0) is 13.0 Å². The van der Waals surface area contributed by atoms with Gasteiger partial charge in [-0.25, -0.2) is 4.79 Å². The Morgan fingerprint density at radius 1 is 1.26 bits per heavy atom. The number of aryl methyl sites for hydroxylation is 1. The molecule has 2 aromatic heterocycles. The molecule has 0 atom stereocenters. The van der Waals surface area contributed by atoms with Gasteiger partial charge >= 0.3 is 5.63 Å². The summed E-state index contributed by atoms with van der Waals surface area (Å²) in [4.78, 5) is 27.7. The highest BCUT2D eigenvalue weighted by Gasteiger charge is 2.09. The van der Waals surface area contributed by atoms with E-state index < -0.39 is 5.63 Å². The average molecular weight is 308 g/mol. The Bertz CT molecular complexity index is 901. The zero-order valence-corrected chi connectivity index (χ0v) is 12.7. The van der Waals surface area contributed by atoms with Crippen LogP contribution in [0.3, 0.4) is 0 Å². The molecule has 5 nitrogen and oxygen atoms in total. The summed E-state index contributed by atoms with van der Waals surface area (Å²) >= 11 is 0. The monoisotopic (exact) mass is 308 g/mol. The van der Waals surface area contributed by atoms with Crippen LogP contribution in [0.4, 0.5) is 0 Å². The second kappa shape index (κ2) is 6.44. The van der Waals surface area contributed by atoms with E-state index in [2.05, 4.69) is 17.2 Å². The molecule has 0 radical (unpaired) electrons. The predicted octanol–water partition coefficient (Wildman–Crippen LogP) is 2.68. The molecular formula is C18H16N2O3. The summed E-state index contributed by atoms with van der Waals surface area (Å²) in [5.74, 6) is -0.230. The van der Waals surface area contributed by atoms with E-state index in [9.17, 15) is 9.59 Å². The topological polar surface area (TPSA) is 72.2 Å². The summed E-state index contributed by atoms with van der Waals surface area (Å²) in [6.07, 6.45) is 4.00. The lowest BCUT2D eigenvalue weighted by Crippen LogP contribution is -2.23. The molecule has 1 amide bonds. The van der Waals surface area contributed by atoms with Crippen LogP contribution in [0.5, 0.6) is 0 Å². The number of nitrogens with zero attached hydrogens (tertiary/aromatic N) is 1. The Kier molecular flexibility index (Phi) is 4.19. The highest BCUT2D eigenvalue weighted by molar-refractivity contribution is 5.94. The van der Waals surface area contributed by atoms with Crippen molar-refractivity contribution in [2.45, 2.75) is 19.9 Å². The molecule has 0 aliphatic carbocycles. The van der Waals surface area contributed by atoms with E-state index in [4.69, 9.17) is 4.42 Å². The van der Waals surface area contributed by atoms with Crippen molar-refractivity contribution in [1.82, 2.24) is 10.3 Å². The number of fused-ring (bicyclic) bond motifs is 1. The van der Waals surface area contributed by atoms with Gasteiger partial charge in [0, 0.05) is 30.4 Å². The molecule has 5 heteroatoms. The highest BCUT2D eigenvalue weighted by atomic mass is 16.4. The quantitative estimate of drug-likeness (QED) is 0.752. The van der Waals surface area contributed by atoms with Crippen LogP contribution < -0.4 is 10.9 Å².